The van der Waals surface area contributed by atoms with Crippen LogP contribution in [0, 0.1) is 0 Å². The third kappa shape index (κ3) is 5.62. The molecule has 4 aromatic rings. The van der Waals surface area contributed by atoms with E-state index in [1.165, 1.54) is 12.1 Å². The molecular weight excluding hydrogens is 491 g/mol. The molecule has 0 aliphatic heterocycles. The zero-order chi connectivity index (χ0) is 24.9. The van der Waals surface area contributed by atoms with Crippen LogP contribution in [-0.4, -0.2) is 40.4 Å². The van der Waals surface area contributed by atoms with Crippen LogP contribution in [0.15, 0.2) is 66.7 Å². The number of halogens is 2. The summed E-state index contributed by atoms with van der Waals surface area (Å²) in [7, 11) is 1.58. The van der Waals surface area contributed by atoms with Crippen molar-refractivity contribution >= 4 is 40.8 Å². The van der Waals surface area contributed by atoms with Crippen molar-refractivity contribution in [2.45, 2.75) is 6.92 Å². The van der Waals surface area contributed by atoms with Crippen molar-refractivity contribution in [2.24, 2.45) is 0 Å². The minimum absolute atomic E-state index is 0.117. The number of nitrogens with zero attached hydrogens (tertiary/aromatic N) is 3. The molecule has 0 atom stereocenters. The molecule has 0 aliphatic rings. The van der Waals surface area contributed by atoms with Crippen LogP contribution in [-0.2, 0) is 4.74 Å². The van der Waals surface area contributed by atoms with Gasteiger partial charge in [-0.1, -0.05) is 35.3 Å². The largest absolute Gasteiger partial charge is 0.497 e. The number of amides is 1. The molecule has 178 valence electrons. The highest BCUT2D eigenvalue weighted by Crippen LogP contribution is 2.28. The Labute approximate surface area is 211 Å². The van der Waals surface area contributed by atoms with E-state index in [0.717, 1.165) is 0 Å². The fourth-order valence-corrected chi connectivity index (χ4v) is 3.83. The number of anilines is 1. The number of esters is 1. The molecule has 0 saturated heterocycles. The number of aromatic nitrogens is 3. The van der Waals surface area contributed by atoms with E-state index in [0.29, 0.717) is 28.4 Å². The Morgan fingerprint density at radius 3 is 2.37 bits per heavy atom. The van der Waals surface area contributed by atoms with Crippen molar-refractivity contribution < 1.29 is 19.1 Å². The summed E-state index contributed by atoms with van der Waals surface area (Å²) in [6, 6.07) is 18.9. The van der Waals surface area contributed by atoms with Crippen LogP contribution in [0.1, 0.15) is 27.8 Å². The fourth-order valence-electron chi connectivity index (χ4n) is 3.37. The Balaban J connectivity index is 1.71. The molecule has 10 heteroatoms. The Hall–Kier alpha value is -3.88. The standard InChI is InChI=1S/C25H20Cl2N4O4/c1-3-35-25(33)20-14-21(31(30-20)18-7-9-19(34-2)10-8-18)15-5-4-6-17(11-15)28-24(32)16-12-22(26)29-23(27)13-16/h4-14H,3H2,1-2H3,(H,28,32). The summed E-state index contributed by atoms with van der Waals surface area (Å²) in [4.78, 5) is 29.0. The Morgan fingerprint density at radius 2 is 1.71 bits per heavy atom. The summed E-state index contributed by atoms with van der Waals surface area (Å²) in [6.45, 7) is 1.96. The lowest BCUT2D eigenvalue weighted by molar-refractivity contribution is 0.0519. The number of hydrogen-bond donors (Lipinski definition) is 1. The lowest BCUT2D eigenvalue weighted by Crippen LogP contribution is -2.12. The summed E-state index contributed by atoms with van der Waals surface area (Å²) < 4.78 is 12.0. The lowest BCUT2D eigenvalue weighted by Gasteiger charge is -2.11. The molecule has 35 heavy (non-hydrogen) atoms. The molecule has 2 heterocycles. The minimum atomic E-state index is -0.531. The molecule has 4 rings (SSSR count). The maximum atomic E-state index is 12.7. The molecule has 8 nitrogen and oxygen atoms in total. The highest BCUT2D eigenvalue weighted by atomic mass is 35.5. The van der Waals surface area contributed by atoms with Crippen LogP contribution in [0.4, 0.5) is 5.69 Å². The molecule has 2 aromatic carbocycles. The molecule has 2 aromatic heterocycles. The quantitative estimate of drug-likeness (QED) is 0.254. The van der Waals surface area contributed by atoms with Crippen LogP contribution < -0.4 is 10.1 Å². The van der Waals surface area contributed by atoms with Gasteiger partial charge in [-0.3, -0.25) is 4.79 Å². The summed E-state index contributed by atoms with van der Waals surface area (Å²) in [6.07, 6.45) is 0. The van der Waals surface area contributed by atoms with E-state index >= 15 is 0 Å². The first kappa shape index (κ1) is 24.3. The van der Waals surface area contributed by atoms with Crippen molar-refractivity contribution in [3.63, 3.8) is 0 Å². The van der Waals surface area contributed by atoms with Crippen LogP contribution in [0.2, 0.25) is 10.3 Å². The van der Waals surface area contributed by atoms with E-state index in [1.807, 2.05) is 18.2 Å². The van der Waals surface area contributed by atoms with E-state index in [-0.39, 0.29) is 28.2 Å². The van der Waals surface area contributed by atoms with Gasteiger partial charge in [-0.25, -0.2) is 14.5 Å². The van der Waals surface area contributed by atoms with E-state index in [2.05, 4.69) is 15.4 Å². The van der Waals surface area contributed by atoms with Crippen molar-refractivity contribution in [1.29, 1.82) is 0 Å². The number of hydrogen-bond acceptors (Lipinski definition) is 6. The number of methoxy groups -OCH3 is 1. The average molecular weight is 511 g/mol. The molecule has 1 N–H and O–H groups in total. The first-order chi connectivity index (χ1) is 16.9. The van der Waals surface area contributed by atoms with Gasteiger partial charge in [0, 0.05) is 16.8 Å². The third-order valence-corrected chi connectivity index (χ3v) is 5.34. The van der Waals surface area contributed by atoms with Gasteiger partial charge in [-0.05, 0) is 61.5 Å². The van der Waals surface area contributed by atoms with Gasteiger partial charge in [0.1, 0.15) is 16.1 Å². The molecule has 0 unspecified atom stereocenters. The van der Waals surface area contributed by atoms with Gasteiger partial charge < -0.3 is 14.8 Å². The van der Waals surface area contributed by atoms with Gasteiger partial charge >= 0.3 is 5.97 Å². The predicted molar refractivity (Wildman–Crippen MR) is 134 cm³/mol. The highest BCUT2D eigenvalue weighted by molar-refractivity contribution is 6.33. The maximum absolute atomic E-state index is 12.7. The molecule has 0 radical (unpaired) electrons. The van der Waals surface area contributed by atoms with Crippen molar-refractivity contribution in [1.82, 2.24) is 14.8 Å². The van der Waals surface area contributed by atoms with Crippen LogP contribution in [0.25, 0.3) is 16.9 Å². The lowest BCUT2D eigenvalue weighted by atomic mass is 10.1. The summed E-state index contributed by atoms with van der Waals surface area (Å²) in [5.41, 5.74) is 3.02. The van der Waals surface area contributed by atoms with Crippen molar-refractivity contribution in [2.75, 3.05) is 19.0 Å². The summed E-state index contributed by atoms with van der Waals surface area (Å²) in [5.74, 6) is -0.241. The fraction of sp³-hybridized carbons (Fsp3) is 0.120. The van der Waals surface area contributed by atoms with Gasteiger partial charge in [0.05, 0.1) is 25.1 Å². The van der Waals surface area contributed by atoms with Gasteiger partial charge in [-0.2, -0.15) is 5.10 Å². The molecular formula is C25H20Cl2N4O4. The van der Waals surface area contributed by atoms with Gasteiger partial charge in [0.2, 0.25) is 0 Å². The summed E-state index contributed by atoms with van der Waals surface area (Å²) >= 11 is 11.8. The van der Waals surface area contributed by atoms with E-state index in [9.17, 15) is 9.59 Å². The zero-order valence-electron chi connectivity index (χ0n) is 18.8. The van der Waals surface area contributed by atoms with E-state index < -0.39 is 11.9 Å². The maximum Gasteiger partial charge on any atom is 0.358 e. The third-order valence-electron chi connectivity index (χ3n) is 4.95. The minimum Gasteiger partial charge on any atom is -0.497 e. The monoisotopic (exact) mass is 510 g/mol. The first-order valence-corrected chi connectivity index (χ1v) is 11.3. The smallest absolute Gasteiger partial charge is 0.358 e. The normalized spacial score (nSPS) is 10.6. The number of rotatable bonds is 7. The van der Waals surface area contributed by atoms with Crippen molar-refractivity contribution in [3.05, 3.63) is 88.3 Å². The highest BCUT2D eigenvalue weighted by Gasteiger charge is 2.18. The Morgan fingerprint density at radius 1 is 1.00 bits per heavy atom. The van der Waals surface area contributed by atoms with Crippen LogP contribution in [0.3, 0.4) is 0 Å². The zero-order valence-corrected chi connectivity index (χ0v) is 20.3. The molecule has 0 aliphatic carbocycles. The number of carbonyl (C=O) groups excluding carboxylic acids is 2. The van der Waals surface area contributed by atoms with E-state index in [1.54, 1.807) is 55.1 Å². The molecule has 1 amide bonds. The molecule has 0 saturated carbocycles. The second-order valence-corrected chi connectivity index (χ2v) is 8.06. The molecule has 0 fully saturated rings. The first-order valence-electron chi connectivity index (χ1n) is 10.5. The number of benzene rings is 2. The second-order valence-electron chi connectivity index (χ2n) is 7.28. The van der Waals surface area contributed by atoms with Crippen molar-refractivity contribution in [3.8, 4) is 22.7 Å². The second kappa shape index (κ2) is 10.6. The number of nitrogens with one attached hydrogen (secondary N) is 1. The predicted octanol–water partition coefficient (Wildman–Crippen LogP) is 5.68. The Kier molecular flexibility index (Phi) is 7.33. The molecule has 0 spiro atoms. The number of pyridine rings is 1. The number of carbonyl (C=O) groups is 2. The van der Waals surface area contributed by atoms with Gasteiger partial charge in [0.25, 0.3) is 5.91 Å². The van der Waals surface area contributed by atoms with Gasteiger partial charge in [0.15, 0.2) is 5.69 Å². The van der Waals surface area contributed by atoms with Crippen LogP contribution >= 0.6 is 23.2 Å². The summed E-state index contributed by atoms with van der Waals surface area (Å²) in [5, 5.41) is 7.53. The van der Waals surface area contributed by atoms with Crippen LogP contribution in [0.5, 0.6) is 5.75 Å². The van der Waals surface area contributed by atoms with E-state index in [4.69, 9.17) is 32.7 Å². The number of ether oxygens (including phenoxy) is 2. The average Bonchev–Trinajstić information content (AvgIpc) is 3.30. The molecule has 0 bridgehead atoms. The SMILES string of the molecule is CCOC(=O)c1cc(-c2cccc(NC(=O)c3cc(Cl)nc(Cl)c3)c2)n(-c2ccc(OC)cc2)n1. The van der Waals surface area contributed by atoms with Gasteiger partial charge in [-0.15, -0.1) is 0 Å². The Bertz CT molecular complexity index is 1370. The topological polar surface area (TPSA) is 95.3 Å².